The summed E-state index contributed by atoms with van der Waals surface area (Å²) in [6, 6.07) is 4.32. The Balaban J connectivity index is 1.80. The van der Waals surface area contributed by atoms with Gasteiger partial charge in [-0.3, -0.25) is 9.78 Å². The fraction of sp³-hybridized carbons (Fsp3) is 0.625. The van der Waals surface area contributed by atoms with Crippen molar-refractivity contribution in [3.05, 3.63) is 30.1 Å². The Morgan fingerprint density at radius 1 is 1.40 bits per heavy atom. The molecule has 2 aliphatic rings. The number of amides is 1. The molecule has 1 amide bonds. The van der Waals surface area contributed by atoms with Crippen LogP contribution >= 0.6 is 0 Å². The Labute approximate surface area is 120 Å². The molecule has 3 heterocycles. The SMILES string of the molecule is CC1(C(=O)N2CCCC2c2ccncc2)CCCNC1. The van der Waals surface area contributed by atoms with Gasteiger partial charge >= 0.3 is 0 Å². The number of hydrogen-bond acceptors (Lipinski definition) is 3. The standard InChI is InChI=1S/C16H23N3O/c1-16(7-3-8-18-12-16)15(20)19-11-2-4-14(19)13-5-9-17-10-6-13/h5-6,9-10,14,18H,2-4,7-8,11-12H2,1H3. The summed E-state index contributed by atoms with van der Waals surface area (Å²) in [5.41, 5.74) is 0.992. The van der Waals surface area contributed by atoms with Crippen molar-refractivity contribution in [2.24, 2.45) is 5.41 Å². The van der Waals surface area contributed by atoms with Gasteiger partial charge in [-0.15, -0.1) is 0 Å². The van der Waals surface area contributed by atoms with Crippen molar-refractivity contribution in [2.75, 3.05) is 19.6 Å². The van der Waals surface area contributed by atoms with E-state index in [1.54, 1.807) is 0 Å². The molecule has 2 atom stereocenters. The number of nitrogens with one attached hydrogen (secondary N) is 1. The third kappa shape index (κ3) is 2.44. The van der Waals surface area contributed by atoms with Crippen LogP contribution in [0.5, 0.6) is 0 Å². The molecular formula is C16H23N3O. The van der Waals surface area contributed by atoms with Crippen LogP contribution in [0, 0.1) is 5.41 Å². The number of carbonyl (C=O) groups excluding carboxylic acids is 1. The lowest BCUT2D eigenvalue weighted by Crippen LogP contribution is -2.50. The lowest BCUT2D eigenvalue weighted by molar-refractivity contribution is -0.143. The van der Waals surface area contributed by atoms with Crippen LogP contribution in [0.25, 0.3) is 0 Å². The van der Waals surface area contributed by atoms with Crippen LogP contribution in [0.2, 0.25) is 0 Å². The summed E-state index contributed by atoms with van der Waals surface area (Å²) in [4.78, 5) is 19.2. The highest BCUT2D eigenvalue weighted by Crippen LogP contribution is 2.37. The molecule has 4 heteroatoms. The highest BCUT2D eigenvalue weighted by Gasteiger charge is 2.41. The Morgan fingerprint density at radius 3 is 2.90 bits per heavy atom. The van der Waals surface area contributed by atoms with Crippen molar-refractivity contribution in [1.29, 1.82) is 0 Å². The number of rotatable bonds is 2. The first kappa shape index (κ1) is 13.6. The molecule has 2 unspecified atom stereocenters. The minimum Gasteiger partial charge on any atom is -0.335 e. The maximum absolute atomic E-state index is 13.0. The summed E-state index contributed by atoms with van der Waals surface area (Å²) in [7, 11) is 0. The highest BCUT2D eigenvalue weighted by molar-refractivity contribution is 5.83. The van der Waals surface area contributed by atoms with Gasteiger partial charge in [-0.1, -0.05) is 0 Å². The fourth-order valence-electron chi connectivity index (χ4n) is 3.53. The molecule has 0 bridgehead atoms. The normalized spacial score (nSPS) is 30.4. The molecule has 0 saturated carbocycles. The molecule has 0 aliphatic carbocycles. The summed E-state index contributed by atoms with van der Waals surface area (Å²) >= 11 is 0. The van der Waals surface area contributed by atoms with Crippen molar-refractivity contribution in [2.45, 2.75) is 38.6 Å². The van der Waals surface area contributed by atoms with Crippen molar-refractivity contribution >= 4 is 5.91 Å². The van der Waals surface area contributed by atoms with Gasteiger partial charge in [0.2, 0.25) is 5.91 Å². The average molecular weight is 273 g/mol. The number of nitrogens with zero attached hydrogens (tertiary/aromatic N) is 2. The van der Waals surface area contributed by atoms with E-state index in [0.29, 0.717) is 5.91 Å². The Kier molecular flexibility index (Phi) is 3.74. The lowest BCUT2D eigenvalue weighted by atomic mass is 9.81. The van der Waals surface area contributed by atoms with E-state index in [-0.39, 0.29) is 11.5 Å². The molecular weight excluding hydrogens is 250 g/mol. The van der Waals surface area contributed by atoms with Crippen LogP contribution in [-0.4, -0.2) is 35.4 Å². The molecule has 1 aromatic heterocycles. The van der Waals surface area contributed by atoms with Gasteiger partial charge in [0.15, 0.2) is 0 Å². The Bertz CT molecular complexity index is 468. The second kappa shape index (κ2) is 5.52. The van der Waals surface area contributed by atoms with Gasteiger partial charge in [-0.25, -0.2) is 0 Å². The molecule has 2 aliphatic heterocycles. The summed E-state index contributed by atoms with van der Waals surface area (Å²) in [5, 5.41) is 3.38. The number of carbonyl (C=O) groups is 1. The zero-order valence-electron chi connectivity index (χ0n) is 12.1. The first-order chi connectivity index (χ1) is 9.71. The van der Waals surface area contributed by atoms with Crippen LogP contribution in [0.4, 0.5) is 0 Å². The number of likely N-dealkylation sites (tertiary alicyclic amines) is 1. The zero-order chi connectivity index (χ0) is 14.0. The second-order valence-corrected chi connectivity index (χ2v) is 6.28. The van der Waals surface area contributed by atoms with Crippen LogP contribution < -0.4 is 5.32 Å². The Morgan fingerprint density at radius 2 is 2.20 bits per heavy atom. The van der Waals surface area contributed by atoms with E-state index in [9.17, 15) is 4.79 Å². The second-order valence-electron chi connectivity index (χ2n) is 6.28. The zero-order valence-corrected chi connectivity index (χ0v) is 12.1. The van der Waals surface area contributed by atoms with Crippen LogP contribution in [0.1, 0.15) is 44.2 Å². The summed E-state index contributed by atoms with van der Waals surface area (Å²) in [6.07, 6.45) is 7.90. The highest BCUT2D eigenvalue weighted by atomic mass is 16.2. The van der Waals surface area contributed by atoms with E-state index >= 15 is 0 Å². The van der Waals surface area contributed by atoms with E-state index < -0.39 is 0 Å². The van der Waals surface area contributed by atoms with E-state index in [1.165, 1.54) is 5.56 Å². The third-order valence-corrected chi connectivity index (χ3v) is 4.72. The van der Waals surface area contributed by atoms with Crippen LogP contribution in [0.15, 0.2) is 24.5 Å². The largest absolute Gasteiger partial charge is 0.335 e. The van der Waals surface area contributed by atoms with Gasteiger partial charge in [0.25, 0.3) is 0 Å². The van der Waals surface area contributed by atoms with Crippen molar-refractivity contribution in [3.63, 3.8) is 0 Å². The van der Waals surface area contributed by atoms with Gasteiger partial charge in [-0.05, 0) is 56.8 Å². The maximum atomic E-state index is 13.0. The molecule has 0 aromatic carbocycles. The molecule has 4 nitrogen and oxygen atoms in total. The summed E-state index contributed by atoms with van der Waals surface area (Å²) < 4.78 is 0. The molecule has 1 aromatic rings. The predicted molar refractivity (Wildman–Crippen MR) is 78.1 cm³/mol. The number of pyridine rings is 1. The van der Waals surface area contributed by atoms with E-state index in [0.717, 1.165) is 45.3 Å². The van der Waals surface area contributed by atoms with Crippen molar-refractivity contribution < 1.29 is 4.79 Å². The molecule has 1 N–H and O–H groups in total. The topological polar surface area (TPSA) is 45.2 Å². The molecule has 20 heavy (non-hydrogen) atoms. The fourth-order valence-corrected chi connectivity index (χ4v) is 3.53. The van der Waals surface area contributed by atoms with Crippen molar-refractivity contribution in [3.8, 4) is 0 Å². The minimum atomic E-state index is -0.228. The van der Waals surface area contributed by atoms with Gasteiger partial charge < -0.3 is 10.2 Å². The van der Waals surface area contributed by atoms with E-state index in [1.807, 2.05) is 24.5 Å². The molecule has 3 rings (SSSR count). The number of piperidine rings is 1. The minimum absolute atomic E-state index is 0.228. The van der Waals surface area contributed by atoms with Crippen LogP contribution in [0.3, 0.4) is 0 Å². The molecule has 108 valence electrons. The van der Waals surface area contributed by atoms with Gasteiger partial charge in [-0.2, -0.15) is 0 Å². The smallest absolute Gasteiger partial charge is 0.230 e. The lowest BCUT2D eigenvalue weighted by Gasteiger charge is -2.38. The molecule has 2 saturated heterocycles. The van der Waals surface area contributed by atoms with Gasteiger partial charge in [0, 0.05) is 25.5 Å². The van der Waals surface area contributed by atoms with Gasteiger partial charge in [0.1, 0.15) is 0 Å². The summed E-state index contributed by atoms with van der Waals surface area (Å²) in [6.45, 7) is 4.85. The van der Waals surface area contributed by atoms with Crippen molar-refractivity contribution in [1.82, 2.24) is 15.2 Å². The predicted octanol–water partition coefficient (Wildman–Crippen LogP) is 2.13. The first-order valence-electron chi connectivity index (χ1n) is 7.62. The summed E-state index contributed by atoms with van der Waals surface area (Å²) in [5.74, 6) is 0.323. The molecule has 0 spiro atoms. The number of aromatic nitrogens is 1. The number of hydrogen-bond donors (Lipinski definition) is 1. The average Bonchev–Trinajstić information content (AvgIpc) is 2.97. The van der Waals surface area contributed by atoms with E-state index in [4.69, 9.17) is 0 Å². The monoisotopic (exact) mass is 273 g/mol. The van der Waals surface area contributed by atoms with Crippen LogP contribution in [-0.2, 0) is 4.79 Å². The first-order valence-corrected chi connectivity index (χ1v) is 7.62. The molecule has 2 fully saturated rings. The van der Waals surface area contributed by atoms with Gasteiger partial charge in [0.05, 0.1) is 11.5 Å². The molecule has 0 radical (unpaired) electrons. The van der Waals surface area contributed by atoms with E-state index in [2.05, 4.69) is 22.1 Å². The Hall–Kier alpha value is -1.42. The quantitative estimate of drug-likeness (QED) is 0.898. The third-order valence-electron chi connectivity index (χ3n) is 4.72. The maximum Gasteiger partial charge on any atom is 0.230 e.